The molecule has 3 N–H and O–H groups in total. The number of benzene rings is 1. The van der Waals surface area contributed by atoms with E-state index in [9.17, 15) is 5.11 Å². The van der Waals surface area contributed by atoms with E-state index in [0.717, 1.165) is 17.8 Å². The molecule has 2 atom stereocenters. The fourth-order valence-corrected chi connectivity index (χ4v) is 2.20. The number of ether oxygens (including phenoxy) is 1. The maximum atomic E-state index is 10.5. The number of hydrogen-bond donors (Lipinski definition) is 3. The van der Waals surface area contributed by atoms with Crippen molar-refractivity contribution in [1.29, 1.82) is 0 Å². The summed E-state index contributed by atoms with van der Waals surface area (Å²) >= 11 is 0. The van der Waals surface area contributed by atoms with Crippen molar-refractivity contribution in [2.75, 3.05) is 25.0 Å². The van der Waals surface area contributed by atoms with Crippen LogP contribution in [0.1, 0.15) is 5.56 Å². The molecule has 0 amide bonds. The molecule has 4 nitrogen and oxygen atoms in total. The second-order valence-electron chi connectivity index (χ2n) is 4.03. The summed E-state index contributed by atoms with van der Waals surface area (Å²) in [4.78, 5) is 0. The predicted octanol–water partition coefficient (Wildman–Crippen LogP) is 0.246. The van der Waals surface area contributed by atoms with E-state index in [2.05, 4.69) is 10.6 Å². The van der Waals surface area contributed by atoms with Crippen molar-refractivity contribution >= 4 is 5.69 Å². The molecular weight excluding hydrogens is 192 g/mol. The molecule has 4 rings (SSSR count). The largest absolute Gasteiger partial charge is 0.370 e. The molecule has 1 fully saturated rings. The number of aliphatic hydroxyl groups is 1. The van der Waals surface area contributed by atoms with Gasteiger partial charge in [-0.3, -0.25) is 0 Å². The van der Waals surface area contributed by atoms with Gasteiger partial charge < -0.3 is 20.5 Å². The highest BCUT2D eigenvalue weighted by Gasteiger charge is 2.42. The van der Waals surface area contributed by atoms with E-state index in [-0.39, 0.29) is 6.10 Å². The van der Waals surface area contributed by atoms with Crippen LogP contribution in [-0.4, -0.2) is 30.9 Å². The van der Waals surface area contributed by atoms with Crippen molar-refractivity contribution in [3.05, 3.63) is 29.8 Å². The fraction of sp³-hybridized carbons (Fsp3) is 0.455. The summed E-state index contributed by atoms with van der Waals surface area (Å²) in [5, 5.41) is 16.9. The summed E-state index contributed by atoms with van der Waals surface area (Å²) in [6.45, 7) is 2.16. The van der Waals surface area contributed by atoms with Crippen LogP contribution in [0.3, 0.4) is 0 Å². The number of fused-ring (bicyclic) bond motifs is 3. The Bertz CT molecular complexity index is 359. The maximum absolute atomic E-state index is 10.5. The molecule has 2 bridgehead atoms. The van der Waals surface area contributed by atoms with Gasteiger partial charge in [0.15, 0.2) is 5.72 Å². The Morgan fingerprint density at radius 2 is 2.13 bits per heavy atom. The molecule has 3 aliphatic rings. The summed E-state index contributed by atoms with van der Waals surface area (Å²) in [5.74, 6) is 0. The number of rotatable bonds is 1. The van der Waals surface area contributed by atoms with E-state index in [4.69, 9.17) is 4.74 Å². The highest BCUT2D eigenvalue weighted by Crippen LogP contribution is 2.34. The van der Waals surface area contributed by atoms with Crippen LogP contribution in [0.25, 0.3) is 0 Å². The molecule has 1 aromatic carbocycles. The lowest BCUT2D eigenvalue weighted by Gasteiger charge is -2.42. The molecule has 0 aromatic heterocycles. The Hall–Kier alpha value is -1.10. The zero-order chi connectivity index (χ0) is 10.3. The zero-order valence-electron chi connectivity index (χ0n) is 8.36. The fourth-order valence-electron chi connectivity index (χ4n) is 2.20. The Balaban J connectivity index is 1.92. The number of hydrogen-bond acceptors (Lipinski definition) is 4. The number of morpholine rings is 1. The Kier molecular flexibility index (Phi) is 1.95. The van der Waals surface area contributed by atoms with Gasteiger partial charge in [-0.25, -0.2) is 0 Å². The van der Waals surface area contributed by atoms with Gasteiger partial charge in [0, 0.05) is 24.3 Å². The van der Waals surface area contributed by atoms with E-state index in [1.54, 1.807) is 0 Å². The third-order valence-electron chi connectivity index (χ3n) is 3.05. The minimum Gasteiger partial charge on any atom is -0.370 e. The van der Waals surface area contributed by atoms with Crippen LogP contribution >= 0.6 is 0 Å². The van der Waals surface area contributed by atoms with Gasteiger partial charge in [0.2, 0.25) is 0 Å². The Morgan fingerprint density at radius 1 is 1.33 bits per heavy atom. The smallest absolute Gasteiger partial charge is 0.190 e. The van der Waals surface area contributed by atoms with Crippen molar-refractivity contribution in [3.63, 3.8) is 0 Å². The Morgan fingerprint density at radius 3 is 2.67 bits per heavy atom. The van der Waals surface area contributed by atoms with E-state index < -0.39 is 5.72 Å². The van der Waals surface area contributed by atoms with Gasteiger partial charge in [0.1, 0.15) is 6.10 Å². The topological polar surface area (TPSA) is 53.5 Å². The molecule has 1 saturated heterocycles. The van der Waals surface area contributed by atoms with Crippen LogP contribution in [-0.2, 0) is 10.5 Å². The molecule has 3 heterocycles. The molecular formula is C11H14N2O2. The molecule has 0 radical (unpaired) electrons. The highest BCUT2D eigenvalue weighted by atomic mass is 16.5. The van der Waals surface area contributed by atoms with E-state index in [1.165, 1.54) is 0 Å². The third-order valence-corrected chi connectivity index (χ3v) is 3.05. The van der Waals surface area contributed by atoms with Crippen LogP contribution < -0.4 is 10.6 Å². The van der Waals surface area contributed by atoms with Crippen LogP contribution in [0.2, 0.25) is 0 Å². The number of anilines is 1. The van der Waals surface area contributed by atoms with Crippen LogP contribution in [0.15, 0.2) is 24.3 Å². The average Bonchev–Trinajstić information content (AvgIpc) is 2.31. The highest BCUT2D eigenvalue weighted by molar-refractivity contribution is 5.54. The molecule has 0 unspecified atom stereocenters. The second kappa shape index (κ2) is 3.20. The van der Waals surface area contributed by atoms with Gasteiger partial charge in [0.25, 0.3) is 0 Å². The monoisotopic (exact) mass is 206 g/mol. The summed E-state index contributed by atoms with van der Waals surface area (Å²) in [6, 6.07) is 7.79. The molecule has 4 heteroatoms. The van der Waals surface area contributed by atoms with Crippen molar-refractivity contribution in [2.45, 2.75) is 11.8 Å². The van der Waals surface area contributed by atoms with Gasteiger partial charge in [-0.1, -0.05) is 12.1 Å². The predicted molar refractivity (Wildman–Crippen MR) is 56.6 cm³/mol. The Labute approximate surface area is 88.3 Å². The first-order chi connectivity index (χ1) is 7.29. The maximum Gasteiger partial charge on any atom is 0.190 e. The minimum atomic E-state index is -1.06. The summed E-state index contributed by atoms with van der Waals surface area (Å²) in [5.41, 5.74) is 0.736. The van der Waals surface area contributed by atoms with Crippen LogP contribution in [0.4, 0.5) is 5.69 Å². The number of nitrogens with one attached hydrogen (secondary N) is 2. The van der Waals surface area contributed by atoms with E-state index >= 15 is 0 Å². The van der Waals surface area contributed by atoms with Crippen molar-refractivity contribution < 1.29 is 9.84 Å². The summed E-state index contributed by atoms with van der Waals surface area (Å²) < 4.78 is 5.60. The van der Waals surface area contributed by atoms with Crippen molar-refractivity contribution in [1.82, 2.24) is 5.32 Å². The summed E-state index contributed by atoms with van der Waals surface area (Å²) in [6.07, 6.45) is -0.230. The lowest BCUT2D eigenvalue weighted by Crippen LogP contribution is -2.56. The lowest BCUT2D eigenvalue weighted by molar-refractivity contribution is -0.109. The molecule has 3 aliphatic heterocycles. The van der Waals surface area contributed by atoms with Crippen LogP contribution in [0, 0.1) is 0 Å². The first-order valence-electron chi connectivity index (χ1n) is 5.22. The molecule has 0 spiro atoms. The first-order valence-corrected chi connectivity index (χ1v) is 5.22. The molecule has 15 heavy (non-hydrogen) atoms. The zero-order valence-corrected chi connectivity index (χ0v) is 8.36. The van der Waals surface area contributed by atoms with Gasteiger partial charge in [0.05, 0.1) is 6.61 Å². The molecule has 1 aromatic rings. The standard InChI is InChI=1S/C11H14N2O2/c14-11(10-7-12-5-6-15-10)8-1-3-9(13-11)4-2-8/h1-4,10,12-14H,5-7H2/t10-,11+/m1/s1. The molecule has 80 valence electrons. The normalized spacial score (nSPS) is 33.8. The van der Waals surface area contributed by atoms with Crippen molar-refractivity contribution in [3.8, 4) is 0 Å². The van der Waals surface area contributed by atoms with E-state index in [1.807, 2.05) is 24.3 Å². The lowest BCUT2D eigenvalue weighted by atomic mass is 9.91. The van der Waals surface area contributed by atoms with Crippen LogP contribution in [0.5, 0.6) is 0 Å². The first kappa shape index (κ1) is 9.15. The summed E-state index contributed by atoms with van der Waals surface area (Å²) in [7, 11) is 0. The SMILES string of the molecule is O[C@@]1([C@H]2CNCCO2)Nc2ccc1cc2. The minimum absolute atomic E-state index is 0.230. The van der Waals surface area contributed by atoms with Gasteiger partial charge in [-0.05, 0) is 12.1 Å². The van der Waals surface area contributed by atoms with E-state index in [0.29, 0.717) is 13.2 Å². The van der Waals surface area contributed by atoms with Crippen molar-refractivity contribution in [2.24, 2.45) is 0 Å². The molecule has 0 saturated carbocycles. The van der Waals surface area contributed by atoms with Gasteiger partial charge in [-0.15, -0.1) is 0 Å². The van der Waals surface area contributed by atoms with Gasteiger partial charge in [-0.2, -0.15) is 0 Å². The molecule has 0 aliphatic carbocycles. The average molecular weight is 206 g/mol. The second-order valence-corrected chi connectivity index (χ2v) is 4.03. The third kappa shape index (κ3) is 1.33. The quantitative estimate of drug-likeness (QED) is 0.616. The van der Waals surface area contributed by atoms with Gasteiger partial charge >= 0.3 is 0 Å².